The highest BCUT2D eigenvalue weighted by Gasteiger charge is 2.24. The quantitative estimate of drug-likeness (QED) is 0.101. The number of carbonyl (C=O) groups excluding carboxylic acids is 2. The average molecular weight is 605 g/mol. The number of nitrogens with one attached hydrogen (secondary N) is 1. The molecule has 220 valence electrons. The largest absolute Gasteiger partial charge is 0.483 e. The van der Waals surface area contributed by atoms with Gasteiger partial charge in [-0.25, -0.2) is 4.79 Å². The monoisotopic (exact) mass is 604 g/mol. The van der Waals surface area contributed by atoms with Crippen molar-refractivity contribution in [3.8, 4) is 16.9 Å². The third-order valence-corrected chi connectivity index (χ3v) is 8.59. The van der Waals surface area contributed by atoms with Gasteiger partial charge in [0.05, 0.1) is 12.9 Å². The molecule has 0 spiro atoms. The summed E-state index contributed by atoms with van der Waals surface area (Å²) in [6, 6.07) is 14.1. The van der Waals surface area contributed by atoms with Gasteiger partial charge in [-0.3, -0.25) is 9.36 Å². The van der Waals surface area contributed by atoms with Crippen LogP contribution in [-0.4, -0.2) is 39.5 Å². The predicted molar refractivity (Wildman–Crippen MR) is 170 cm³/mol. The van der Waals surface area contributed by atoms with Crippen molar-refractivity contribution in [2.24, 2.45) is 0 Å². The second-order valence-electron chi connectivity index (χ2n) is 10.2. The molecule has 4 rings (SSSR count). The van der Waals surface area contributed by atoms with Crippen LogP contribution in [0.1, 0.15) is 65.7 Å². The Kier molecular flexibility index (Phi) is 10.2. The number of allylic oxidation sites excluding steroid dienone is 1. The van der Waals surface area contributed by atoms with Crippen molar-refractivity contribution < 1.29 is 19.1 Å². The van der Waals surface area contributed by atoms with Crippen molar-refractivity contribution >= 4 is 40.0 Å². The summed E-state index contributed by atoms with van der Waals surface area (Å²) in [7, 11) is 1.34. The molecule has 2 heterocycles. The first kappa shape index (κ1) is 31.1. The number of methoxy groups -OCH3 is 1. The molecular weight excluding hydrogens is 569 g/mol. The van der Waals surface area contributed by atoms with E-state index in [1.54, 1.807) is 6.08 Å². The van der Waals surface area contributed by atoms with Gasteiger partial charge in [0.1, 0.15) is 16.3 Å². The highest BCUT2D eigenvalue weighted by molar-refractivity contribution is 7.99. The molecule has 2 aromatic heterocycles. The lowest BCUT2D eigenvalue weighted by Crippen LogP contribution is -2.17. The minimum atomic E-state index is -0.502. The van der Waals surface area contributed by atoms with Gasteiger partial charge in [-0.15, -0.1) is 28.1 Å². The molecule has 10 heteroatoms. The molecular formula is C32H36N4O4S2. The average Bonchev–Trinajstić information content (AvgIpc) is 3.57. The van der Waals surface area contributed by atoms with Crippen molar-refractivity contribution in [1.82, 2.24) is 14.8 Å². The zero-order chi connectivity index (χ0) is 30.4. The number of thiophene rings is 1. The van der Waals surface area contributed by atoms with E-state index in [1.807, 2.05) is 61.1 Å². The molecule has 0 bridgehead atoms. The minimum absolute atomic E-state index is 0.0680. The lowest BCUT2D eigenvalue weighted by atomic mass is 9.97. The summed E-state index contributed by atoms with van der Waals surface area (Å²) in [6.45, 7) is 14.5. The summed E-state index contributed by atoms with van der Waals surface area (Å²) < 4.78 is 13.1. The van der Waals surface area contributed by atoms with Crippen LogP contribution in [-0.2, 0) is 16.1 Å². The fraction of sp³-hybridized carbons (Fsp3) is 0.312. The number of esters is 1. The number of carbonyl (C=O) groups is 2. The number of nitrogens with zero attached hydrogens (tertiary/aromatic N) is 3. The molecule has 0 radical (unpaired) electrons. The molecule has 2 aromatic carbocycles. The van der Waals surface area contributed by atoms with E-state index in [0.717, 1.165) is 28.0 Å². The summed E-state index contributed by atoms with van der Waals surface area (Å²) in [5.41, 5.74) is 5.35. The SMILES string of the molecule is C=CCn1c(SCC(=O)Nc2scc(-c3cc(C)ccc3C)c2C(=O)OC)nnc1C(C)Oc1ccc(C(C)C)cc1. The van der Waals surface area contributed by atoms with Crippen LogP contribution in [0.2, 0.25) is 0 Å². The molecule has 1 unspecified atom stereocenters. The van der Waals surface area contributed by atoms with Crippen molar-refractivity contribution in [1.29, 1.82) is 0 Å². The Balaban J connectivity index is 1.48. The second kappa shape index (κ2) is 13.8. The van der Waals surface area contributed by atoms with E-state index in [1.165, 1.54) is 35.8 Å². The zero-order valence-corrected chi connectivity index (χ0v) is 26.4. The van der Waals surface area contributed by atoms with Gasteiger partial charge >= 0.3 is 5.97 Å². The Morgan fingerprint density at radius 1 is 1.10 bits per heavy atom. The summed E-state index contributed by atoms with van der Waals surface area (Å²) in [4.78, 5) is 25.9. The lowest BCUT2D eigenvalue weighted by molar-refractivity contribution is -0.113. The van der Waals surface area contributed by atoms with Crippen LogP contribution < -0.4 is 10.1 Å². The Morgan fingerprint density at radius 2 is 1.83 bits per heavy atom. The number of hydrogen-bond donors (Lipinski definition) is 1. The molecule has 4 aromatic rings. The number of aromatic nitrogens is 3. The van der Waals surface area contributed by atoms with Gasteiger partial charge in [0.15, 0.2) is 17.1 Å². The number of amides is 1. The van der Waals surface area contributed by atoms with Crippen LogP contribution >= 0.6 is 23.1 Å². The summed E-state index contributed by atoms with van der Waals surface area (Å²) in [5.74, 6) is 1.11. The predicted octanol–water partition coefficient (Wildman–Crippen LogP) is 7.59. The maximum absolute atomic E-state index is 13.1. The van der Waals surface area contributed by atoms with Crippen molar-refractivity contribution in [3.05, 3.63) is 88.6 Å². The maximum atomic E-state index is 13.1. The first-order valence-corrected chi connectivity index (χ1v) is 15.5. The van der Waals surface area contributed by atoms with Gasteiger partial charge in [0, 0.05) is 17.5 Å². The number of ether oxygens (including phenoxy) is 2. The number of thioether (sulfide) groups is 1. The Morgan fingerprint density at radius 3 is 2.50 bits per heavy atom. The topological polar surface area (TPSA) is 95.3 Å². The van der Waals surface area contributed by atoms with Gasteiger partial charge < -0.3 is 14.8 Å². The van der Waals surface area contributed by atoms with Crippen LogP contribution in [0.4, 0.5) is 5.00 Å². The molecule has 1 N–H and O–H groups in total. The molecule has 0 aliphatic carbocycles. The van der Waals surface area contributed by atoms with Gasteiger partial charge in [-0.1, -0.05) is 67.6 Å². The molecule has 8 nitrogen and oxygen atoms in total. The summed E-state index contributed by atoms with van der Waals surface area (Å²) in [6.07, 6.45) is 1.38. The highest BCUT2D eigenvalue weighted by atomic mass is 32.2. The van der Waals surface area contributed by atoms with Gasteiger partial charge in [-0.05, 0) is 55.5 Å². The molecule has 42 heavy (non-hydrogen) atoms. The summed E-state index contributed by atoms with van der Waals surface area (Å²) in [5, 5.41) is 14.5. The van der Waals surface area contributed by atoms with Crippen LogP contribution in [0.25, 0.3) is 11.1 Å². The molecule has 1 atom stereocenters. The van der Waals surface area contributed by atoms with E-state index in [2.05, 4.69) is 48.1 Å². The van der Waals surface area contributed by atoms with Gasteiger partial charge in [-0.2, -0.15) is 0 Å². The first-order chi connectivity index (χ1) is 20.1. The maximum Gasteiger partial charge on any atom is 0.341 e. The molecule has 0 aliphatic heterocycles. The smallest absolute Gasteiger partial charge is 0.341 e. The molecule has 0 fully saturated rings. The standard InChI is InChI=1S/C32H36N4O4S2/c1-8-15-36-29(22(6)40-24-13-11-23(12-14-24)19(2)3)34-35-32(36)42-18-27(37)33-30-28(31(38)39-7)26(17-41-30)25-16-20(4)9-10-21(25)5/h8-14,16-17,19,22H,1,15,18H2,2-7H3,(H,33,37). The molecule has 0 saturated heterocycles. The third kappa shape index (κ3) is 7.11. The fourth-order valence-electron chi connectivity index (χ4n) is 4.47. The highest BCUT2D eigenvalue weighted by Crippen LogP contribution is 2.38. The van der Waals surface area contributed by atoms with Crippen LogP contribution in [0.15, 0.2) is 65.7 Å². The second-order valence-corrected chi connectivity index (χ2v) is 12.0. The Bertz CT molecular complexity index is 1570. The summed E-state index contributed by atoms with van der Waals surface area (Å²) >= 11 is 2.55. The van der Waals surface area contributed by atoms with Crippen molar-refractivity contribution in [2.75, 3.05) is 18.2 Å². The van der Waals surface area contributed by atoms with Crippen molar-refractivity contribution in [3.63, 3.8) is 0 Å². The van der Waals surface area contributed by atoms with E-state index in [4.69, 9.17) is 9.47 Å². The van der Waals surface area contributed by atoms with Gasteiger partial charge in [0.25, 0.3) is 0 Å². The number of benzene rings is 2. The van der Waals surface area contributed by atoms with Crippen LogP contribution in [0.5, 0.6) is 5.75 Å². The minimum Gasteiger partial charge on any atom is -0.483 e. The van der Waals surface area contributed by atoms with E-state index >= 15 is 0 Å². The normalized spacial score (nSPS) is 11.8. The molecule has 0 aliphatic rings. The van der Waals surface area contributed by atoms with E-state index in [-0.39, 0.29) is 17.8 Å². The number of aryl methyl sites for hydroxylation is 2. The first-order valence-electron chi connectivity index (χ1n) is 13.6. The van der Waals surface area contributed by atoms with E-state index < -0.39 is 5.97 Å². The molecule has 1 amide bonds. The van der Waals surface area contributed by atoms with Crippen LogP contribution in [0.3, 0.4) is 0 Å². The zero-order valence-electron chi connectivity index (χ0n) is 24.8. The van der Waals surface area contributed by atoms with Crippen molar-refractivity contribution in [2.45, 2.75) is 58.3 Å². The van der Waals surface area contributed by atoms with Crippen LogP contribution in [0, 0.1) is 13.8 Å². The lowest BCUT2D eigenvalue weighted by Gasteiger charge is -2.16. The number of hydrogen-bond acceptors (Lipinski definition) is 8. The Labute approximate surface area is 255 Å². The van der Waals surface area contributed by atoms with Gasteiger partial charge in [0.2, 0.25) is 5.91 Å². The number of anilines is 1. The van der Waals surface area contributed by atoms with E-state index in [9.17, 15) is 9.59 Å². The third-order valence-electron chi connectivity index (χ3n) is 6.73. The Hall–Kier alpha value is -3.89. The molecule has 0 saturated carbocycles. The van der Waals surface area contributed by atoms with E-state index in [0.29, 0.717) is 34.0 Å². The fourth-order valence-corrected chi connectivity index (χ4v) is 6.19. The number of rotatable bonds is 12.